The molecular weight excluding hydrogens is 583 g/mol. The van der Waals surface area contributed by atoms with E-state index in [0.29, 0.717) is 12.0 Å². The van der Waals surface area contributed by atoms with E-state index in [1.165, 1.54) is 78.2 Å². The quantitative estimate of drug-likeness (QED) is 0.223. The normalized spacial score (nSPS) is 21.3. The molecule has 0 saturated carbocycles. The second-order valence-corrected chi connectivity index (χ2v) is 14.1. The molecule has 0 N–H and O–H groups in total. The van der Waals surface area contributed by atoms with Gasteiger partial charge in [-0.3, -0.25) is 0 Å². The van der Waals surface area contributed by atoms with E-state index in [2.05, 4.69) is 132 Å². The Morgan fingerprint density at radius 3 is 2.58 bits per heavy atom. The van der Waals surface area contributed by atoms with Crippen molar-refractivity contribution < 1.29 is 0 Å². The molecule has 5 aliphatic carbocycles. The molecule has 48 heavy (non-hydrogen) atoms. The van der Waals surface area contributed by atoms with Crippen molar-refractivity contribution >= 4 is 34.2 Å². The van der Waals surface area contributed by atoms with E-state index < -0.39 is 0 Å². The highest BCUT2D eigenvalue weighted by atomic mass is 15.0. The number of nitrogens with zero attached hydrogens (tertiary/aromatic N) is 3. The van der Waals surface area contributed by atoms with Crippen LogP contribution >= 0.6 is 0 Å². The number of para-hydroxylation sites is 2. The fourth-order valence-electron chi connectivity index (χ4n) is 9.27. The van der Waals surface area contributed by atoms with Crippen molar-refractivity contribution in [2.45, 2.75) is 71.3 Å². The third-order valence-corrected chi connectivity index (χ3v) is 11.4. The molecule has 0 saturated heterocycles. The lowest BCUT2D eigenvalue weighted by atomic mass is 9.77. The molecule has 0 aliphatic heterocycles. The predicted octanol–water partition coefficient (Wildman–Crippen LogP) is 11.1. The van der Waals surface area contributed by atoms with Gasteiger partial charge in [0.05, 0.1) is 23.3 Å². The molecule has 3 heteroatoms. The third kappa shape index (κ3) is 4.46. The molecule has 0 fully saturated rings. The summed E-state index contributed by atoms with van der Waals surface area (Å²) in [6.45, 7) is 4.67. The zero-order valence-electron chi connectivity index (χ0n) is 28.0. The first-order chi connectivity index (χ1) is 23.6. The fraction of sp³-hybridized carbons (Fsp3) is 0.267. The van der Waals surface area contributed by atoms with Crippen molar-refractivity contribution in [1.82, 2.24) is 9.13 Å². The summed E-state index contributed by atoms with van der Waals surface area (Å²) in [5.41, 5.74) is 18.8. The summed E-state index contributed by atoms with van der Waals surface area (Å²) >= 11 is 0. The van der Waals surface area contributed by atoms with Crippen molar-refractivity contribution in [2.75, 3.05) is 0 Å². The van der Waals surface area contributed by atoms with E-state index in [9.17, 15) is 5.26 Å². The van der Waals surface area contributed by atoms with Crippen LogP contribution in [0.3, 0.4) is 0 Å². The van der Waals surface area contributed by atoms with Crippen LogP contribution in [0.2, 0.25) is 0 Å². The molecule has 2 heterocycles. The second-order valence-electron chi connectivity index (χ2n) is 14.1. The number of benzene rings is 2. The molecule has 2 aromatic heterocycles. The molecule has 2 atom stereocenters. The maximum absolute atomic E-state index is 9.76. The molecule has 0 radical (unpaired) electrons. The maximum Gasteiger partial charge on any atom is 0.0947 e. The molecule has 0 bridgehead atoms. The molecule has 3 nitrogen and oxygen atoms in total. The average Bonchev–Trinajstić information content (AvgIpc) is 3.64. The van der Waals surface area contributed by atoms with E-state index in [1.807, 2.05) is 0 Å². The molecule has 2 unspecified atom stereocenters. The SMILES string of the molecule is CC1=CC(C2=CCCC=C2c2ccccc2-n2c3c(c4ccccc42)C=C(C#N)CC3)Cc2c1c1c(n2C2CC=CC=C2C)CCC=C1. The van der Waals surface area contributed by atoms with Crippen molar-refractivity contribution in [3.63, 3.8) is 0 Å². The van der Waals surface area contributed by atoms with Gasteiger partial charge in [0.1, 0.15) is 0 Å². The lowest BCUT2D eigenvalue weighted by Crippen LogP contribution is -2.22. The number of aromatic nitrogens is 2. The smallest absolute Gasteiger partial charge is 0.0947 e. The zero-order chi connectivity index (χ0) is 32.4. The minimum atomic E-state index is 0.316. The van der Waals surface area contributed by atoms with Gasteiger partial charge in [-0.15, -0.1) is 0 Å². The largest absolute Gasteiger partial charge is 0.340 e. The summed E-state index contributed by atoms with van der Waals surface area (Å²) in [4.78, 5) is 0. The lowest BCUT2D eigenvalue weighted by molar-refractivity contribution is 0.521. The van der Waals surface area contributed by atoms with Crippen molar-refractivity contribution in [3.8, 4) is 11.8 Å². The van der Waals surface area contributed by atoms with Gasteiger partial charge in [-0.2, -0.15) is 5.26 Å². The van der Waals surface area contributed by atoms with E-state index in [-0.39, 0.29) is 0 Å². The number of nitriles is 1. The molecule has 2 aromatic carbocycles. The second kappa shape index (κ2) is 11.6. The average molecular weight is 624 g/mol. The summed E-state index contributed by atoms with van der Waals surface area (Å²) in [7, 11) is 0. The Balaban J connectivity index is 1.17. The number of fused-ring (bicyclic) bond motifs is 6. The van der Waals surface area contributed by atoms with Crippen LogP contribution < -0.4 is 0 Å². The van der Waals surface area contributed by atoms with Crippen molar-refractivity contribution in [3.05, 3.63) is 147 Å². The zero-order valence-corrected chi connectivity index (χ0v) is 28.0. The summed E-state index contributed by atoms with van der Waals surface area (Å²) in [5.74, 6) is 0.316. The monoisotopic (exact) mass is 623 g/mol. The van der Waals surface area contributed by atoms with Crippen LogP contribution in [0.5, 0.6) is 0 Å². The Morgan fingerprint density at radius 1 is 0.833 bits per heavy atom. The highest BCUT2D eigenvalue weighted by Gasteiger charge is 2.34. The van der Waals surface area contributed by atoms with E-state index >= 15 is 0 Å². The number of hydrogen-bond acceptors (Lipinski definition) is 1. The van der Waals surface area contributed by atoms with E-state index in [1.54, 1.807) is 0 Å². The molecule has 5 aliphatic rings. The van der Waals surface area contributed by atoms with Gasteiger partial charge in [-0.25, -0.2) is 0 Å². The molecular formula is C45H41N3. The Bertz CT molecular complexity index is 2280. The van der Waals surface area contributed by atoms with Crippen molar-refractivity contribution in [1.29, 1.82) is 5.26 Å². The van der Waals surface area contributed by atoms with Crippen LogP contribution in [0.15, 0.2) is 108 Å². The minimum absolute atomic E-state index is 0.316. The Morgan fingerprint density at radius 2 is 1.69 bits per heavy atom. The summed E-state index contributed by atoms with van der Waals surface area (Å²) in [6, 6.07) is 20.6. The topological polar surface area (TPSA) is 33.6 Å². The van der Waals surface area contributed by atoms with Crippen LogP contribution in [0.1, 0.15) is 91.3 Å². The van der Waals surface area contributed by atoms with Gasteiger partial charge in [-0.1, -0.05) is 90.6 Å². The van der Waals surface area contributed by atoms with Gasteiger partial charge in [0.2, 0.25) is 0 Å². The number of hydrogen-bond donors (Lipinski definition) is 0. The molecule has 4 aromatic rings. The van der Waals surface area contributed by atoms with E-state index in [0.717, 1.165) is 56.9 Å². The minimum Gasteiger partial charge on any atom is -0.340 e. The summed E-state index contributed by atoms with van der Waals surface area (Å²) < 4.78 is 5.25. The maximum atomic E-state index is 9.76. The van der Waals surface area contributed by atoms with Gasteiger partial charge < -0.3 is 9.13 Å². The highest BCUT2D eigenvalue weighted by Crippen LogP contribution is 2.47. The fourth-order valence-corrected chi connectivity index (χ4v) is 9.27. The molecule has 0 amide bonds. The van der Waals surface area contributed by atoms with Gasteiger partial charge in [-0.05, 0) is 100 Å². The van der Waals surface area contributed by atoms with Crippen LogP contribution in [0.25, 0.3) is 39.9 Å². The molecule has 236 valence electrons. The molecule has 9 rings (SSSR count). The Labute approximate surface area is 283 Å². The van der Waals surface area contributed by atoms with Gasteiger partial charge in [0, 0.05) is 56.2 Å². The Kier molecular flexibility index (Phi) is 7.01. The number of rotatable bonds is 4. The summed E-state index contributed by atoms with van der Waals surface area (Å²) in [6.07, 6.45) is 29.5. The van der Waals surface area contributed by atoms with Crippen LogP contribution in [0.4, 0.5) is 0 Å². The predicted molar refractivity (Wildman–Crippen MR) is 200 cm³/mol. The highest BCUT2D eigenvalue weighted by molar-refractivity contribution is 5.96. The Hall–Kier alpha value is -5.07. The molecule has 0 spiro atoms. The van der Waals surface area contributed by atoms with Crippen molar-refractivity contribution in [2.24, 2.45) is 5.92 Å². The first-order valence-corrected chi connectivity index (χ1v) is 17.8. The third-order valence-electron chi connectivity index (χ3n) is 11.4. The number of allylic oxidation sites excluding steroid dienone is 12. The first kappa shape index (κ1) is 29.1. The standard InChI is InChI=1S/C45H41N3/c1-29-13-3-9-19-39(29)47-42-22-12-8-18-37(42)45-30(2)25-32(27-44(45)47)33-14-4-5-15-34(33)35-16-6-10-20-40(35)48-41-21-11-7-17-36(41)38-26-31(28-46)23-24-43(38)48/h3,6-11,13-18,20-21,25-26,32,39H,4-5,12,19,22-24,27H2,1-2H3. The first-order valence-electron chi connectivity index (χ1n) is 17.8. The van der Waals surface area contributed by atoms with E-state index in [4.69, 9.17) is 0 Å². The van der Waals surface area contributed by atoms with Gasteiger partial charge >= 0.3 is 0 Å². The van der Waals surface area contributed by atoms with Crippen LogP contribution in [-0.4, -0.2) is 9.13 Å². The van der Waals surface area contributed by atoms with Crippen LogP contribution in [-0.2, 0) is 19.3 Å². The summed E-state index contributed by atoms with van der Waals surface area (Å²) in [5, 5.41) is 11.0. The van der Waals surface area contributed by atoms with Gasteiger partial charge in [0.15, 0.2) is 0 Å². The lowest BCUT2D eigenvalue weighted by Gasteiger charge is -2.32. The van der Waals surface area contributed by atoms with Gasteiger partial charge in [0.25, 0.3) is 0 Å². The van der Waals surface area contributed by atoms with Crippen LogP contribution in [0, 0.1) is 17.2 Å².